The molecular formula is C11H14N2O4. The van der Waals surface area contributed by atoms with Crippen LogP contribution in [-0.4, -0.2) is 29.3 Å². The maximum absolute atomic E-state index is 11.6. The van der Waals surface area contributed by atoms with Gasteiger partial charge in [-0.2, -0.15) is 0 Å². The van der Waals surface area contributed by atoms with Crippen molar-refractivity contribution in [2.45, 2.75) is 20.8 Å². The standard InChI is InChI=1S/C11H14N2O4/c1-5-9(7(3)14)6(2)13-10(5)11(16)17-4-8(12)15/h13H,4H2,1-3H3,(H2,12,15). The summed E-state index contributed by atoms with van der Waals surface area (Å²) in [5.41, 5.74) is 6.62. The van der Waals surface area contributed by atoms with Crippen LogP contribution < -0.4 is 5.73 Å². The van der Waals surface area contributed by atoms with Crippen molar-refractivity contribution in [1.82, 2.24) is 4.98 Å². The summed E-state index contributed by atoms with van der Waals surface area (Å²) in [6.45, 7) is 4.27. The fourth-order valence-electron chi connectivity index (χ4n) is 1.69. The van der Waals surface area contributed by atoms with E-state index in [1.807, 2.05) is 0 Å². The molecule has 1 aromatic rings. The number of nitrogens with one attached hydrogen (secondary N) is 1. The van der Waals surface area contributed by atoms with Gasteiger partial charge in [-0.25, -0.2) is 4.79 Å². The lowest BCUT2D eigenvalue weighted by Gasteiger charge is -2.01. The summed E-state index contributed by atoms with van der Waals surface area (Å²) >= 11 is 0. The van der Waals surface area contributed by atoms with Crippen molar-refractivity contribution < 1.29 is 19.1 Å². The third kappa shape index (κ3) is 2.72. The molecule has 0 saturated carbocycles. The molecule has 3 N–H and O–H groups in total. The number of esters is 1. The number of hydrogen-bond acceptors (Lipinski definition) is 4. The van der Waals surface area contributed by atoms with Crippen molar-refractivity contribution in [1.29, 1.82) is 0 Å². The number of aryl methyl sites for hydroxylation is 1. The Morgan fingerprint density at radius 3 is 2.29 bits per heavy atom. The van der Waals surface area contributed by atoms with Crippen molar-refractivity contribution in [2.75, 3.05) is 6.61 Å². The lowest BCUT2D eigenvalue weighted by molar-refractivity contribution is -0.121. The van der Waals surface area contributed by atoms with E-state index in [1.165, 1.54) is 6.92 Å². The first-order valence-corrected chi connectivity index (χ1v) is 5.00. The van der Waals surface area contributed by atoms with Gasteiger partial charge in [0.05, 0.1) is 0 Å². The van der Waals surface area contributed by atoms with Crippen molar-refractivity contribution in [3.05, 3.63) is 22.5 Å². The topological polar surface area (TPSA) is 102 Å². The molecule has 6 nitrogen and oxygen atoms in total. The highest BCUT2D eigenvalue weighted by molar-refractivity contribution is 6.01. The lowest BCUT2D eigenvalue weighted by atomic mass is 10.1. The number of amides is 1. The monoisotopic (exact) mass is 238 g/mol. The molecule has 1 heterocycles. The molecule has 17 heavy (non-hydrogen) atoms. The van der Waals surface area contributed by atoms with Gasteiger partial charge in [-0.1, -0.05) is 0 Å². The summed E-state index contributed by atoms with van der Waals surface area (Å²) in [6.07, 6.45) is 0. The first-order valence-electron chi connectivity index (χ1n) is 5.00. The molecule has 0 radical (unpaired) electrons. The molecule has 1 amide bonds. The minimum absolute atomic E-state index is 0.134. The average molecular weight is 238 g/mol. The van der Waals surface area contributed by atoms with E-state index in [2.05, 4.69) is 9.72 Å². The zero-order chi connectivity index (χ0) is 13.2. The van der Waals surface area contributed by atoms with E-state index >= 15 is 0 Å². The summed E-state index contributed by atoms with van der Waals surface area (Å²) in [4.78, 5) is 36.2. The molecule has 0 atom stereocenters. The molecule has 0 bridgehead atoms. The Morgan fingerprint density at radius 2 is 1.88 bits per heavy atom. The van der Waals surface area contributed by atoms with E-state index < -0.39 is 18.5 Å². The second kappa shape index (κ2) is 4.82. The number of hydrogen-bond donors (Lipinski definition) is 2. The normalized spacial score (nSPS) is 10.1. The number of aromatic nitrogens is 1. The van der Waals surface area contributed by atoms with Crippen LogP contribution in [0.15, 0.2) is 0 Å². The Kier molecular flexibility index (Phi) is 3.67. The quantitative estimate of drug-likeness (QED) is 0.588. The number of primary amides is 1. The zero-order valence-corrected chi connectivity index (χ0v) is 9.92. The number of Topliss-reactive ketones (excluding diaryl/α,β-unsaturated/α-hetero) is 1. The molecule has 0 fully saturated rings. The Labute approximate surface area is 98.1 Å². The van der Waals surface area contributed by atoms with Crippen LogP contribution >= 0.6 is 0 Å². The van der Waals surface area contributed by atoms with Crippen LogP contribution in [0.1, 0.15) is 39.0 Å². The predicted molar refractivity (Wildman–Crippen MR) is 59.7 cm³/mol. The molecule has 0 aromatic carbocycles. The number of ether oxygens (including phenoxy) is 1. The van der Waals surface area contributed by atoms with Crippen molar-refractivity contribution in [2.24, 2.45) is 5.73 Å². The second-order valence-corrected chi connectivity index (χ2v) is 3.72. The molecule has 0 aliphatic carbocycles. The highest BCUT2D eigenvalue weighted by Crippen LogP contribution is 2.19. The molecule has 6 heteroatoms. The van der Waals surface area contributed by atoms with E-state index in [4.69, 9.17) is 5.73 Å². The number of nitrogens with two attached hydrogens (primary N) is 1. The van der Waals surface area contributed by atoms with Gasteiger partial charge in [0.1, 0.15) is 5.69 Å². The smallest absolute Gasteiger partial charge is 0.355 e. The fourth-order valence-corrected chi connectivity index (χ4v) is 1.69. The first-order chi connectivity index (χ1) is 7.84. The summed E-state index contributed by atoms with van der Waals surface area (Å²) in [7, 11) is 0. The van der Waals surface area contributed by atoms with Crippen LogP contribution in [0.3, 0.4) is 0 Å². The van der Waals surface area contributed by atoms with E-state index in [0.717, 1.165) is 0 Å². The Morgan fingerprint density at radius 1 is 1.29 bits per heavy atom. The predicted octanol–water partition coefficient (Wildman–Crippen LogP) is 0.476. The van der Waals surface area contributed by atoms with Crippen LogP contribution in [0, 0.1) is 13.8 Å². The first kappa shape index (κ1) is 13.0. The van der Waals surface area contributed by atoms with Gasteiger partial charge in [0.15, 0.2) is 12.4 Å². The second-order valence-electron chi connectivity index (χ2n) is 3.72. The number of aromatic amines is 1. The number of carbonyl (C=O) groups is 3. The minimum Gasteiger partial charge on any atom is -0.451 e. The van der Waals surface area contributed by atoms with Gasteiger partial charge in [0.25, 0.3) is 5.91 Å². The molecule has 0 saturated heterocycles. The number of ketones is 1. The van der Waals surface area contributed by atoms with Crippen molar-refractivity contribution >= 4 is 17.7 Å². The van der Waals surface area contributed by atoms with Crippen LogP contribution in [0.2, 0.25) is 0 Å². The van der Waals surface area contributed by atoms with E-state index in [9.17, 15) is 14.4 Å². The average Bonchev–Trinajstić information content (AvgIpc) is 2.50. The lowest BCUT2D eigenvalue weighted by Crippen LogP contribution is -2.21. The molecule has 1 rings (SSSR count). The van der Waals surface area contributed by atoms with Crippen LogP contribution in [-0.2, 0) is 9.53 Å². The fraction of sp³-hybridized carbons (Fsp3) is 0.364. The van der Waals surface area contributed by atoms with Crippen molar-refractivity contribution in [3.63, 3.8) is 0 Å². The third-order valence-electron chi connectivity index (χ3n) is 2.34. The highest BCUT2D eigenvalue weighted by Gasteiger charge is 2.20. The summed E-state index contributed by atoms with van der Waals surface area (Å²) < 4.78 is 4.66. The Balaban J connectivity index is 3.00. The summed E-state index contributed by atoms with van der Waals surface area (Å²) in [5, 5.41) is 0. The van der Waals surface area contributed by atoms with Crippen molar-refractivity contribution in [3.8, 4) is 0 Å². The Bertz CT molecular complexity index is 488. The molecule has 1 aromatic heterocycles. The molecule has 0 spiro atoms. The maximum atomic E-state index is 11.6. The van der Waals surface area contributed by atoms with Gasteiger partial charge < -0.3 is 15.5 Å². The van der Waals surface area contributed by atoms with Gasteiger partial charge in [0, 0.05) is 11.3 Å². The molecule has 0 aliphatic rings. The van der Waals surface area contributed by atoms with Crippen LogP contribution in [0.4, 0.5) is 0 Å². The largest absolute Gasteiger partial charge is 0.451 e. The van der Waals surface area contributed by atoms with E-state index in [-0.39, 0.29) is 11.5 Å². The number of carbonyl (C=O) groups excluding carboxylic acids is 3. The van der Waals surface area contributed by atoms with Crippen LogP contribution in [0.5, 0.6) is 0 Å². The van der Waals surface area contributed by atoms with Gasteiger partial charge in [-0.3, -0.25) is 9.59 Å². The SMILES string of the molecule is CC(=O)c1c(C)[nH]c(C(=O)OCC(N)=O)c1C. The van der Waals surface area contributed by atoms with Gasteiger partial charge in [-0.15, -0.1) is 0 Å². The molecule has 0 aliphatic heterocycles. The third-order valence-corrected chi connectivity index (χ3v) is 2.34. The Hall–Kier alpha value is -2.11. The minimum atomic E-state index is -0.730. The molecular weight excluding hydrogens is 224 g/mol. The molecule has 92 valence electrons. The summed E-state index contributed by atoms with van der Waals surface area (Å²) in [5.74, 6) is -1.56. The van der Waals surface area contributed by atoms with Gasteiger partial charge in [-0.05, 0) is 26.3 Å². The van der Waals surface area contributed by atoms with E-state index in [0.29, 0.717) is 16.8 Å². The van der Waals surface area contributed by atoms with Crippen LogP contribution in [0.25, 0.3) is 0 Å². The maximum Gasteiger partial charge on any atom is 0.355 e. The van der Waals surface area contributed by atoms with Gasteiger partial charge >= 0.3 is 5.97 Å². The molecule has 0 unspecified atom stereocenters. The van der Waals surface area contributed by atoms with Gasteiger partial charge in [0.2, 0.25) is 0 Å². The number of H-pyrrole nitrogens is 1. The number of rotatable bonds is 4. The zero-order valence-electron chi connectivity index (χ0n) is 9.92. The van der Waals surface area contributed by atoms with E-state index in [1.54, 1.807) is 13.8 Å². The highest BCUT2D eigenvalue weighted by atomic mass is 16.5. The summed E-state index contributed by atoms with van der Waals surface area (Å²) in [6, 6.07) is 0.